The van der Waals surface area contributed by atoms with Crippen molar-refractivity contribution >= 4 is 51.1 Å². The molecule has 4 amide bonds. The van der Waals surface area contributed by atoms with Gasteiger partial charge in [-0.25, -0.2) is 14.6 Å². The number of benzene rings is 2. The molecule has 2 aliphatic heterocycles. The van der Waals surface area contributed by atoms with E-state index in [2.05, 4.69) is 56.5 Å². The third-order valence-electron chi connectivity index (χ3n) is 4.08. The summed E-state index contributed by atoms with van der Waals surface area (Å²) in [5.74, 6) is 0.854. The van der Waals surface area contributed by atoms with E-state index in [1.165, 1.54) is 0 Å². The molecular weight excluding hydrogens is 440 g/mol. The minimum atomic E-state index is -0.515. The Morgan fingerprint density at radius 2 is 1.28 bits per heavy atom. The van der Waals surface area contributed by atoms with Crippen molar-refractivity contribution in [3.05, 3.63) is 68.5 Å². The van der Waals surface area contributed by atoms with Gasteiger partial charge in [0.1, 0.15) is 5.82 Å². The molecule has 11 heteroatoms. The van der Waals surface area contributed by atoms with Gasteiger partial charge in [-0.2, -0.15) is 25.0 Å². The number of nitrogens with one attached hydrogen (secondary N) is 2. The fraction of sp³-hybridized carbons (Fsp3) is 0. The van der Waals surface area contributed by atoms with Crippen LogP contribution in [0.4, 0.5) is 32.7 Å². The van der Waals surface area contributed by atoms with Crippen molar-refractivity contribution in [3.63, 3.8) is 0 Å². The smallest absolute Gasteiger partial charge is 0.339 e. The van der Waals surface area contributed by atoms with Gasteiger partial charge in [0.05, 0.1) is 25.9 Å². The van der Waals surface area contributed by atoms with Crippen molar-refractivity contribution in [3.8, 4) is 0 Å². The molecule has 2 N–H and O–H groups in total. The van der Waals surface area contributed by atoms with Crippen LogP contribution in [0.5, 0.6) is 0 Å². The van der Waals surface area contributed by atoms with Crippen molar-refractivity contribution in [2.45, 2.75) is 0 Å². The first-order valence-corrected chi connectivity index (χ1v) is 9.12. The molecular formula is C18H9BrN8O2. The molecule has 2 aliphatic rings. The minimum absolute atomic E-state index is 0.341. The number of hydrogen-bond acceptors (Lipinski definition) is 6. The summed E-state index contributed by atoms with van der Waals surface area (Å²) in [6, 6.07) is 9.34. The third kappa shape index (κ3) is 3.38. The Balaban J connectivity index is 1.43. The lowest BCUT2D eigenvalue weighted by Crippen LogP contribution is -2.21. The molecule has 0 atom stereocenters. The largest absolute Gasteiger partial charge is 0.368 e. The summed E-state index contributed by atoms with van der Waals surface area (Å²) in [5, 5.41) is 8.31. The lowest BCUT2D eigenvalue weighted by molar-refractivity contribution is 0.256. The van der Waals surface area contributed by atoms with Gasteiger partial charge in [0.25, 0.3) is 0 Å². The minimum Gasteiger partial charge on any atom is -0.339 e. The highest BCUT2D eigenvalue weighted by Crippen LogP contribution is 2.24. The van der Waals surface area contributed by atoms with Gasteiger partial charge >= 0.3 is 12.1 Å². The highest BCUT2D eigenvalue weighted by atomic mass is 79.9. The molecule has 0 radical (unpaired) electrons. The molecule has 0 saturated heterocycles. The van der Waals surface area contributed by atoms with Crippen LogP contribution in [0.2, 0.25) is 0 Å². The van der Waals surface area contributed by atoms with Crippen LogP contribution in [0.25, 0.3) is 0 Å². The monoisotopic (exact) mass is 448 g/mol. The molecule has 1 aromatic heterocycles. The SMILES string of the molecule is O=C1N=c2ccc(Nc3ncc(Br)c(Nc4ccc5c(c4)=NC(=O)N=5)n3)cc2=N1. The molecule has 3 aromatic rings. The van der Waals surface area contributed by atoms with E-state index in [1.54, 1.807) is 42.6 Å². The number of carbonyl (C=O) groups is 2. The van der Waals surface area contributed by atoms with Crippen molar-refractivity contribution in [2.24, 2.45) is 20.0 Å². The maximum atomic E-state index is 11.3. The quantitative estimate of drug-likeness (QED) is 0.620. The second kappa shape index (κ2) is 6.63. The van der Waals surface area contributed by atoms with E-state index in [9.17, 15) is 9.59 Å². The molecule has 10 nitrogen and oxygen atoms in total. The standard InChI is InChI=1S/C18H9BrN8O2/c19-10-7-20-16(22-9-2-4-12-14(6-9)26-18(29)24-12)27-15(10)21-8-1-3-11-13(5-8)25-17(28)23-11/h1-7H,(H2,20,21,22,27). The number of hydrogen-bond donors (Lipinski definition) is 2. The fourth-order valence-corrected chi connectivity index (χ4v) is 3.10. The molecule has 0 bridgehead atoms. The van der Waals surface area contributed by atoms with Crippen molar-refractivity contribution in [1.29, 1.82) is 0 Å². The average molecular weight is 449 g/mol. The first-order valence-electron chi connectivity index (χ1n) is 8.33. The predicted molar refractivity (Wildman–Crippen MR) is 105 cm³/mol. The molecule has 5 rings (SSSR count). The zero-order valence-corrected chi connectivity index (χ0v) is 16.0. The Kier molecular flexibility index (Phi) is 3.95. The second-order valence-corrected chi connectivity index (χ2v) is 6.91. The van der Waals surface area contributed by atoms with Gasteiger partial charge in [0.15, 0.2) is 0 Å². The summed E-state index contributed by atoms with van der Waals surface area (Å²) < 4.78 is 0.648. The zero-order chi connectivity index (χ0) is 20.0. The van der Waals surface area contributed by atoms with Crippen LogP contribution in [0.3, 0.4) is 0 Å². The number of aromatic nitrogens is 2. The summed E-state index contributed by atoms with van der Waals surface area (Å²) in [6.45, 7) is 0. The number of carbonyl (C=O) groups excluding carboxylic acids is 2. The molecule has 2 aromatic carbocycles. The molecule has 140 valence electrons. The maximum Gasteiger partial charge on any atom is 0.368 e. The Hall–Kier alpha value is -3.86. The molecule has 0 spiro atoms. The third-order valence-corrected chi connectivity index (χ3v) is 4.66. The van der Waals surface area contributed by atoms with E-state index in [1.807, 2.05) is 0 Å². The molecule has 0 aliphatic carbocycles. The van der Waals surface area contributed by atoms with Crippen LogP contribution in [-0.4, -0.2) is 22.0 Å². The van der Waals surface area contributed by atoms with Crippen molar-refractivity contribution in [2.75, 3.05) is 10.6 Å². The molecule has 0 saturated carbocycles. The molecule has 3 heterocycles. The van der Waals surface area contributed by atoms with E-state index in [-0.39, 0.29) is 0 Å². The fourth-order valence-electron chi connectivity index (χ4n) is 2.81. The number of rotatable bonds is 4. The average Bonchev–Trinajstić information content (AvgIpc) is 3.24. The number of nitrogens with zero attached hydrogens (tertiary/aromatic N) is 6. The Bertz CT molecular complexity index is 1470. The van der Waals surface area contributed by atoms with Crippen molar-refractivity contribution in [1.82, 2.24) is 9.97 Å². The Morgan fingerprint density at radius 1 is 0.724 bits per heavy atom. The first kappa shape index (κ1) is 17.3. The van der Waals surface area contributed by atoms with Crippen LogP contribution in [0.15, 0.2) is 67.0 Å². The lowest BCUT2D eigenvalue weighted by Gasteiger charge is -2.10. The van der Waals surface area contributed by atoms with Crippen LogP contribution in [0, 0.1) is 0 Å². The maximum absolute atomic E-state index is 11.3. The normalized spacial score (nSPS) is 13.6. The van der Waals surface area contributed by atoms with Crippen LogP contribution in [0.1, 0.15) is 0 Å². The second-order valence-electron chi connectivity index (χ2n) is 6.06. The number of anilines is 4. The van der Waals surface area contributed by atoms with Crippen LogP contribution in [-0.2, 0) is 0 Å². The van der Waals surface area contributed by atoms with Gasteiger partial charge in [0, 0.05) is 17.6 Å². The summed E-state index contributed by atoms with van der Waals surface area (Å²) in [6.07, 6.45) is 1.60. The van der Waals surface area contributed by atoms with Crippen LogP contribution >= 0.6 is 15.9 Å². The Labute approximate surface area is 170 Å². The predicted octanol–water partition coefficient (Wildman–Crippen LogP) is 1.47. The number of fused-ring (bicyclic) bond motifs is 2. The van der Waals surface area contributed by atoms with E-state index >= 15 is 0 Å². The van der Waals surface area contributed by atoms with E-state index in [0.717, 1.165) is 0 Å². The summed E-state index contributed by atoms with van der Waals surface area (Å²) in [4.78, 5) is 46.6. The van der Waals surface area contributed by atoms with Gasteiger partial charge < -0.3 is 10.6 Å². The molecule has 29 heavy (non-hydrogen) atoms. The summed E-state index contributed by atoms with van der Waals surface area (Å²) >= 11 is 3.42. The van der Waals surface area contributed by atoms with Crippen LogP contribution < -0.4 is 32.1 Å². The highest BCUT2D eigenvalue weighted by molar-refractivity contribution is 9.10. The highest BCUT2D eigenvalue weighted by Gasteiger charge is 2.10. The first-order chi connectivity index (χ1) is 14.0. The number of amides is 4. The van der Waals surface area contributed by atoms with E-state index < -0.39 is 12.1 Å². The van der Waals surface area contributed by atoms with Gasteiger partial charge in [-0.1, -0.05) is 0 Å². The van der Waals surface area contributed by atoms with Gasteiger partial charge in [0.2, 0.25) is 5.95 Å². The number of halogens is 1. The summed E-state index contributed by atoms with van der Waals surface area (Å²) in [7, 11) is 0. The van der Waals surface area contributed by atoms with Crippen molar-refractivity contribution < 1.29 is 9.59 Å². The van der Waals surface area contributed by atoms with Gasteiger partial charge in [-0.05, 0) is 52.3 Å². The topological polar surface area (TPSA) is 133 Å². The lowest BCUT2D eigenvalue weighted by atomic mass is 10.3. The molecule has 0 fully saturated rings. The Morgan fingerprint density at radius 3 is 1.90 bits per heavy atom. The summed E-state index contributed by atoms with van der Waals surface area (Å²) in [5.41, 5.74) is 1.36. The van der Waals surface area contributed by atoms with E-state index in [0.29, 0.717) is 49.0 Å². The zero-order valence-electron chi connectivity index (χ0n) is 14.4. The van der Waals surface area contributed by atoms with Gasteiger partial charge in [-0.15, -0.1) is 0 Å². The van der Waals surface area contributed by atoms with Gasteiger partial charge in [-0.3, -0.25) is 0 Å². The molecule has 0 unspecified atom stereocenters. The van der Waals surface area contributed by atoms with E-state index in [4.69, 9.17) is 0 Å². The number of urea groups is 2.